The van der Waals surface area contributed by atoms with Gasteiger partial charge in [0.05, 0.1) is 0 Å². The Hall–Kier alpha value is 0.200. The van der Waals surface area contributed by atoms with Crippen LogP contribution in [0, 0.1) is 0 Å². The average molecular weight is 402 g/mol. The molecule has 0 rings (SSSR count). The molecule has 0 fully saturated rings. The first-order chi connectivity index (χ1) is 10.6. The molecule has 23 heavy (non-hydrogen) atoms. The van der Waals surface area contributed by atoms with E-state index in [4.69, 9.17) is 35.0 Å². The van der Waals surface area contributed by atoms with Crippen LogP contribution in [0.25, 0.3) is 0 Å². The maximum atomic E-state index is 6.73. The first-order valence-corrected chi connectivity index (χ1v) is 9.93. The van der Waals surface area contributed by atoms with E-state index in [2.05, 4.69) is 24.0 Å². The topological polar surface area (TPSA) is 22.1 Å². The highest BCUT2D eigenvalue weighted by molar-refractivity contribution is 7.60. The van der Waals surface area contributed by atoms with Crippen LogP contribution in [0.3, 0.4) is 0 Å². The maximum Gasteiger partial charge on any atom is 0.187 e. The molecule has 0 aromatic carbocycles. The zero-order valence-corrected chi connectivity index (χ0v) is 17.6. The van der Waals surface area contributed by atoms with Crippen molar-refractivity contribution in [3.63, 3.8) is 0 Å². The van der Waals surface area contributed by atoms with Crippen molar-refractivity contribution in [1.82, 2.24) is 14.0 Å². The predicted octanol–water partition coefficient (Wildman–Crippen LogP) is 5.74. The van der Waals surface area contributed by atoms with Gasteiger partial charge in [0.15, 0.2) is 12.0 Å². The van der Waals surface area contributed by atoms with Crippen LogP contribution in [0.15, 0.2) is 42.2 Å². The van der Waals surface area contributed by atoms with Crippen LogP contribution in [0.4, 0.5) is 0 Å². The molecule has 0 bridgehead atoms. The highest BCUT2D eigenvalue weighted by Gasteiger charge is 2.48. The van der Waals surface area contributed by atoms with Crippen LogP contribution in [0.2, 0.25) is 0 Å². The fraction of sp³-hybridized carbons (Fsp3) is 0.600. The van der Waals surface area contributed by atoms with Crippen LogP contribution in [-0.4, -0.2) is 52.7 Å². The Labute approximate surface area is 156 Å². The molecule has 0 radical (unpaired) electrons. The Bertz CT molecular complexity index is 442. The van der Waals surface area contributed by atoms with E-state index in [9.17, 15) is 0 Å². The number of nitrogens with zero attached hydrogens (tertiary/aromatic N) is 4. The minimum atomic E-state index is -2.51. The largest absolute Gasteiger partial charge is 0.251 e. The third-order valence-electron chi connectivity index (χ3n) is 3.41. The zero-order valence-electron chi connectivity index (χ0n) is 14.4. The molecule has 0 unspecified atom stereocenters. The normalized spacial score (nSPS) is 13.0. The van der Waals surface area contributed by atoms with E-state index >= 15 is 0 Å². The molecule has 0 saturated carbocycles. The van der Waals surface area contributed by atoms with Crippen LogP contribution in [-0.2, 0) is 0 Å². The van der Waals surface area contributed by atoms with Gasteiger partial charge in [0.2, 0.25) is 0 Å². The lowest BCUT2D eigenvalue weighted by molar-refractivity contribution is 0.258. The van der Waals surface area contributed by atoms with Crippen LogP contribution >= 0.6 is 42.5 Å². The molecule has 0 N–H and O–H groups in total. The van der Waals surface area contributed by atoms with Gasteiger partial charge in [-0.3, -0.25) is 9.34 Å². The van der Waals surface area contributed by atoms with Crippen molar-refractivity contribution in [2.45, 2.75) is 29.8 Å². The van der Waals surface area contributed by atoms with Gasteiger partial charge in [-0.1, -0.05) is 41.4 Å². The summed E-state index contributed by atoms with van der Waals surface area (Å²) in [4.78, 5) is 0. The van der Waals surface area contributed by atoms with Crippen LogP contribution in [0.1, 0.15) is 19.3 Å². The summed E-state index contributed by atoms with van der Waals surface area (Å²) in [5.74, 6) is 0. The monoisotopic (exact) mass is 400 g/mol. The third kappa shape index (κ3) is 5.34. The molecule has 8 heteroatoms. The van der Waals surface area contributed by atoms with E-state index in [0.717, 1.165) is 0 Å². The molecule has 4 nitrogen and oxygen atoms in total. The molecule has 0 aliphatic rings. The molecule has 0 saturated heterocycles. The highest BCUT2D eigenvalue weighted by Crippen LogP contribution is 2.64. The molecule has 134 valence electrons. The SMILES string of the molecule is C=CCC(CC=C)N(C(Cl)(Cl)CC=C)P(=NCl)(N(C)C)N(C)C. The van der Waals surface area contributed by atoms with Crippen molar-refractivity contribution < 1.29 is 0 Å². The van der Waals surface area contributed by atoms with Gasteiger partial charge in [-0.2, -0.15) is 4.26 Å². The number of halogens is 3. The van der Waals surface area contributed by atoms with Gasteiger partial charge in [-0.15, -0.1) is 19.7 Å². The van der Waals surface area contributed by atoms with E-state index in [1.807, 2.05) is 54.4 Å². The maximum absolute atomic E-state index is 6.73. The van der Waals surface area contributed by atoms with E-state index in [1.54, 1.807) is 6.08 Å². The van der Waals surface area contributed by atoms with Gasteiger partial charge in [0.1, 0.15) is 0 Å². The van der Waals surface area contributed by atoms with Gasteiger partial charge in [-0.25, -0.2) is 4.67 Å². The van der Waals surface area contributed by atoms with E-state index in [-0.39, 0.29) is 6.04 Å². The third-order valence-corrected chi connectivity index (χ3v) is 8.52. The number of hydrogen-bond acceptors (Lipinski definition) is 1. The summed E-state index contributed by atoms with van der Waals surface area (Å²) in [6.45, 7) is 11.5. The molecular formula is C15H28Cl3N4P. The molecule has 0 aliphatic carbocycles. The summed E-state index contributed by atoms with van der Waals surface area (Å²) in [7, 11) is 5.17. The zero-order chi connectivity index (χ0) is 18.3. The van der Waals surface area contributed by atoms with Crippen molar-refractivity contribution in [2.24, 2.45) is 4.26 Å². The Morgan fingerprint density at radius 3 is 1.70 bits per heavy atom. The lowest BCUT2D eigenvalue weighted by Crippen LogP contribution is -2.49. The first-order valence-electron chi connectivity index (χ1n) is 7.24. The molecule has 0 heterocycles. The van der Waals surface area contributed by atoms with E-state index in [0.29, 0.717) is 19.3 Å². The summed E-state index contributed by atoms with van der Waals surface area (Å²) in [5, 5.41) is 0. The molecule has 0 spiro atoms. The van der Waals surface area contributed by atoms with Crippen molar-refractivity contribution in [3.05, 3.63) is 38.0 Å². The minimum Gasteiger partial charge on any atom is -0.251 e. The standard InChI is InChI=1S/C15H28Cl3N4P/c1-8-11-14(12-9-2)22(15(16,17)13-10-3)23(19-18,20(4)5)21(6)7/h8-10,14H,1-3,11-13H2,4-7H3. The predicted molar refractivity (Wildman–Crippen MR) is 107 cm³/mol. The number of alkyl halides is 2. The van der Waals surface area contributed by atoms with Gasteiger partial charge >= 0.3 is 0 Å². The van der Waals surface area contributed by atoms with E-state index < -0.39 is 12.0 Å². The summed E-state index contributed by atoms with van der Waals surface area (Å²) in [6.07, 6.45) is 7.11. The van der Waals surface area contributed by atoms with E-state index in [1.165, 1.54) is 0 Å². The van der Waals surface area contributed by atoms with Crippen LogP contribution in [0.5, 0.6) is 0 Å². The summed E-state index contributed by atoms with van der Waals surface area (Å²) < 4.78 is 8.97. The second-order valence-corrected chi connectivity index (χ2v) is 10.7. The molecule has 0 aromatic rings. The molecule has 0 amide bonds. The lowest BCUT2D eigenvalue weighted by Gasteiger charge is -2.51. The second kappa shape index (κ2) is 10.2. The number of hydrogen-bond donors (Lipinski definition) is 0. The smallest absolute Gasteiger partial charge is 0.187 e. The van der Waals surface area contributed by atoms with Gasteiger partial charge in [-0.05, 0) is 41.0 Å². The first kappa shape index (κ1) is 23.2. The van der Waals surface area contributed by atoms with Crippen molar-refractivity contribution >= 4 is 42.5 Å². The molecule has 0 aromatic heterocycles. The minimum absolute atomic E-state index is 0.0411. The van der Waals surface area contributed by atoms with Crippen molar-refractivity contribution in [2.75, 3.05) is 28.2 Å². The van der Waals surface area contributed by atoms with Crippen molar-refractivity contribution in [3.8, 4) is 0 Å². The Balaban J connectivity index is 6.45. The highest BCUT2D eigenvalue weighted by atomic mass is 35.5. The summed E-state index contributed by atoms with van der Waals surface area (Å²) in [5.41, 5.74) is 0. The van der Waals surface area contributed by atoms with Gasteiger partial charge < -0.3 is 0 Å². The fourth-order valence-electron chi connectivity index (χ4n) is 2.55. The van der Waals surface area contributed by atoms with Gasteiger partial charge in [0, 0.05) is 24.2 Å². The Morgan fingerprint density at radius 2 is 1.43 bits per heavy atom. The molecular weight excluding hydrogens is 374 g/mol. The summed E-state index contributed by atoms with van der Waals surface area (Å²) in [6, 6.07) is -0.0411. The lowest BCUT2D eigenvalue weighted by atomic mass is 10.1. The summed E-state index contributed by atoms with van der Waals surface area (Å²) >= 11 is 19.6. The Morgan fingerprint density at radius 1 is 1.00 bits per heavy atom. The fourth-order valence-corrected chi connectivity index (χ4v) is 7.61. The molecule has 0 aliphatic heterocycles. The quantitative estimate of drug-likeness (QED) is 0.191. The Kier molecular flexibility index (Phi) is 10.3. The average Bonchev–Trinajstić information content (AvgIpc) is 2.43. The van der Waals surface area contributed by atoms with Gasteiger partial charge in [0.25, 0.3) is 0 Å². The molecule has 0 atom stereocenters. The van der Waals surface area contributed by atoms with Crippen LogP contribution < -0.4 is 0 Å². The second-order valence-electron chi connectivity index (χ2n) is 5.51. The van der Waals surface area contributed by atoms with Crippen molar-refractivity contribution in [1.29, 1.82) is 0 Å². The number of rotatable bonds is 11.